The summed E-state index contributed by atoms with van der Waals surface area (Å²) in [4.78, 5) is 27.0. The number of aliphatic hydroxyl groups is 1. The van der Waals surface area contributed by atoms with Crippen molar-refractivity contribution in [2.45, 2.75) is 65.6 Å². The van der Waals surface area contributed by atoms with Gasteiger partial charge in [-0.25, -0.2) is 0 Å². The average molecular weight is 430 g/mol. The van der Waals surface area contributed by atoms with Gasteiger partial charge in [-0.3, -0.25) is 9.59 Å². The molecule has 0 aliphatic heterocycles. The highest BCUT2D eigenvalue weighted by Crippen LogP contribution is 2.36. The number of hydrogen-bond donors (Lipinski definition) is 1. The van der Waals surface area contributed by atoms with Crippen molar-refractivity contribution in [2.75, 3.05) is 6.61 Å². The van der Waals surface area contributed by atoms with Gasteiger partial charge in [-0.1, -0.05) is 30.4 Å². The van der Waals surface area contributed by atoms with E-state index in [1.807, 2.05) is 41.9 Å². The second-order valence-electron chi connectivity index (χ2n) is 9.87. The lowest BCUT2D eigenvalue weighted by Crippen LogP contribution is -2.48. The number of esters is 2. The van der Waals surface area contributed by atoms with Crippen LogP contribution in [0.2, 0.25) is 0 Å². The Morgan fingerprint density at radius 2 is 1.52 bits per heavy atom. The van der Waals surface area contributed by atoms with Gasteiger partial charge >= 0.3 is 11.9 Å². The quantitative estimate of drug-likeness (QED) is 0.403. The third-order valence-corrected chi connectivity index (χ3v) is 4.85. The Hall–Kier alpha value is -2.60. The van der Waals surface area contributed by atoms with Gasteiger partial charge in [0, 0.05) is 24.7 Å². The summed E-state index contributed by atoms with van der Waals surface area (Å²) >= 11 is 0. The van der Waals surface area contributed by atoms with E-state index >= 15 is 0 Å². The molecule has 1 aromatic heterocycles. The summed E-state index contributed by atoms with van der Waals surface area (Å²) in [5.74, 6) is -1.27. The number of aryl methyl sites for hydroxylation is 1. The first kappa shape index (κ1) is 24.7. The van der Waals surface area contributed by atoms with Gasteiger partial charge < -0.3 is 19.1 Å². The number of fused-ring (bicyclic) bond motifs is 1. The molecule has 170 valence electrons. The van der Waals surface area contributed by atoms with Crippen LogP contribution in [0.25, 0.3) is 10.9 Å². The van der Waals surface area contributed by atoms with Crippen molar-refractivity contribution in [3.8, 4) is 0 Å². The monoisotopic (exact) mass is 429 g/mol. The fourth-order valence-corrected chi connectivity index (χ4v) is 3.40. The number of aromatic nitrogens is 1. The molecule has 1 aromatic carbocycles. The SMILES string of the molecule is Cn1c(CC(C/C=C\CO)(C(=O)OC(C)(C)C)C(=O)OC(C)(C)C)cc2ccccc21. The van der Waals surface area contributed by atoms with Crippen LogP contribution in [0.15, 0.2) is 42.5 Å². The highest BCUT2D eigenvalue weighted by atomic mass is 16.6. The lowest BCUT2D eigenvalue weighted by Gasteiger charge is -2.34. The minimum Gasteiger partial charge on any atom is -0.459 e. The summed E-state index contributed by atoms with van der Waals surface area (Å²) in [6.45, 7) is 10.4. The molecule has 6 nitrogen and oxygen atoms in total. The topological polar surface area (TPSA) is 77.8 Å². The van der Waals surface area contributed by atoms with E-state index in [1.165, 1.54) is 6.08 Å². The van der Waals surface area contributed by atoms with Crippen LogP contribution in [0, 0.1) is 5.41 Å². The first-order valence-electron chi connectivity index (χ1n) is 10.6. The molecule has 2 aromatic rings. The van der Waals surface area contributed by atoms with Crippen molar-refractivity contribution in [3.63, 3.8) is 0 Å². The number of allylic oxidation sites excluding steroid dienone is 1. The van der Waals surface area contributed by atoms with Crippen LogP contribution < -0.4 is 0 Å². The maximum atomic E-state index is 13.5. The van der Waals surface area contributed by atoms with Gasteiger partial charge in [-0.15, -0.1) is 0 Å². The minimum atomic E-state index is -1.59. The molecule has 0 saturated carbocycles. The van der Waals surface area contributed by atoms with Crippen LogP contribution in [0.3, 0.4) is 0 Å². The van der Waals surface area contributed by atoms with Crippen LogP contribution in [-0.2, 0) is 32.5 Å². The molecule has 0 radical (unpaired) electrons. The largest absolute Gasteiger partial charge is 0.459 e. The van der Waals surface area contributed by atoms with Crippen molar-refractivity contribution in [1.82, 2.24) is 4.57 Å². The second-order valence-corrected chi connectivity index (χ2v) is 9.87. The zero-order valence-corrected chi connectivity index (χ0v) is 19.7. The molecule has 31 heavy (non-hydrogen) atoms. The summed E-state index contributed by atoms with van der Waals surface area (Å²) in [6.07, 6.45) is 3.32. The normalized spacial score (nSPS) is 13.0. The van der Waals surface area contributed by atoms with E-state index < -0.39 is 28.6 Å². The number of aliphatic hydroxyl groups excluding tert-OH is 1. The molecule has 2 rings (SSSR count). The first-order chi connectivity index (χ1) is 14.3. The smallest absolute Gasteiger partial charge is 0.324 e. The molecule has 0 unspecified atom stereocenters. The van der Waals surface area contributed by atoms with Crippen LogP contribution in [0.5, 0.6) is 0 Å². The second kappa shape index (κ2) is 9.27. The van der Waals surface area contributed by atoms with Crippen molar-refractivity contribution in [1.29, 1.82) is 0 Å². The van der Waals surface area contributed by atoms with Crippen LogP contribution in [-0.4, -0.2) is 39.4 Å². The Balaban J connectivity index is 2.62. The predicted octanol–water partition coefficient (Wildman–Crippen LogP) is 4.33. The zero-order chi connectivity index (χ0) is 23.4. The van der Waals surface area contributed by atoms with Crippen molar-refractivity contribution >= 4 is 22.8 Å². The van der Waals surface area contributed by atoms with Crippen molar-refractivity contribution < 1.29 is 24.2 Å². The Kier molecular flexibility index (Phi) is 7.37. The van der Waals surface area contributed by atoms with Gasteiger partial charge in [0.15, 0.2) is 5.41 Å². The maximum absolute atomic E-state index is 13.5. The van der Waals surface area contributed by atoms with E-state index in [0.717, 1.165) is 16.6 Å². The number of ether oxygens (including phenoxy) is 2. The molecule has 6 heteroatoms. The lowest BCUT2D eigenvalue weighted by atomic mass is 9.79. The molecule has 0 aliphatic rings. The molecule has 0 atom stereocenters. The Morgan fingerprint density at radius 1 is 0.968 bits per heavy atom. The number of rotatable bonds is 7. The number of nitrogens with zero attached hydrogens (tertiary/aromatic N) is 1. The number of hydrogen-bond acceptors (Lipinski definition) is 5. The molecule has 0 amide bonds. The highest BCUT2D eigenvalue weighted by molar-refractivity contribution is 6.01. The standard InChI is InChI=1S/C25H35NO5/c1-23(2,3)30-21(28)25(14-10-11-15-27,22(29)31-24(4,5)6)17-19-16-18-12-8-9-13-20(18)26(19)7/h8-13,16,27H,14-15,17H2,1-7H3/b11-10-. The number of carbonyl (C=O) groups is 2. The molecule has 0 fully saturated rings. The summed E-state index contributed by atoms with van der Waals surface area (Å²) in [7, 11) is 1.91. The molecule has 1 N–H and O–H groups in total. The minimum absolute atomic E-state index is 0.0545. The molecule has 0 saturated heterocycles. The van der Waals surface area contributed by atoms with Crippen LogP contribution in [0.1, 0.15) is 53.7 Å². The van der Waals surface area contributed by atoms with Crippen molar-refractivity contribution in [2.24, 2.45) is 12.5 Å². The van der Waals surface area contributed by atoms with Crippen molar-refractivity contribution in [3.05, 3.63) is 48.2 Å². The Morgan fingerprint density at radius 3 is 2.00 bits per heavy atom. The van der Waals surface area contributed by atoms with E-state index in [-0.39, 0.29) is 19.4 Å². The van der Waals surface area contributed by atoms with E-state index in [9.17, 15) is 14.7 Å². The summed E-state index contributed by atoms with van der Waals surface area (Å²) in [5, 5.41) is 10.2. The van der Waals surface area contributed by atoms with Gasteiger partial charge in [0.1, 0.15) is 11.2 Å². The Labute approximate surface area is 184 Å². The third kappa shape index (κ3) is 6.20. The maximum Gasteiger partial charge on any atom is 0.324 e. The molecule has 0 bridgehead atoms. The van der Waals surface area contributed by atoms with E-state index in [0.29, 0.717) is 0 Å². The van der Waals surface area contributed by atoms with E-state index in [1.54, 1.807) is 47.6 Å². The van der Waals surface area contributed by atoms with E-state index in [4.69, 9.17) is 9.47 Å². The third-order valence-electron chi connectivity index (χ3n) is 4.85. The summed E-state index contributed by atoms with van der Waals surface area (Å²) < 4.78 is 13.4. The van der Waals surface area contributed by atoms with Gasteiger partial charge in [-0.2, -0.15) is 0 Å². The predicted molar refractivity (Wildman–Crippen MR) is 122 cm³/mol. The first-order valence-corrected chi connectivity index (χ1v) is 10.6. The summed E-state index contributed by atoms with van der Waals surface area (Å²) in [5.41, 5.74) is -1.32. The fraction of sp³-hybridized carbons (Fsp3) is 0.520. The van der Waals surface area contributed by atoms with Crippen LogP contribution in [0.4, 0.5) is 0 Å². The Bertz CT molecular complexity index is 928. The molecule has 0 spiro atoms. The average Bonchev–Trinajstić information content (AvgIpc) is 2.94. The van der Waals surface area contributed by atoms with Gasteiger partial charge in [0.25, 0.3) is 0 Å². The van der Waals surface area contributed by atoms with Crippen LogP contribution >= 0.6 is 0 Å². The van der Waals surface area contributed by atoms with Gasteiger partial charge in [0.2, 0.25) is 0 Å². The molecular weight excluding hydrogens is 394 g/mol. The number of para-hydroxylation sites is 1. The number of benzene rings is 1. The highest BCUT2D eigenvalue weighted by Gasteiger charge is 2.51. The fourth-order valence-electron chi connectivity index (χ4n) is 3.40. The molecule has 1 heterocycles. The molecule has 0 aliphatic carbocycles. The number of carbonyl (C=O) groups excluding carboxylic acids is 2. The van der Waals surface area contributed by atoms with E-state index in [2.05, 4.69) is 0 Å². The molecular formula is C25H35NO5. The zero-order valence-electron chi connectivity index (χ0n) is 19.7. The lowest BCUT2D eigenvalue weighted by molar-refractivity contribution is -0.185. The summed E-state index contributed by atoms with van der Waals surface area (Å²) in [6, 6.07) is 9.87. The van der Waals surface area contributed by atoms with Gasteiger partial charge in [-0.05, 0) is 65.5 Å². The van der Waals surface area contributed by atoms with Gasteiger partial charge in [0.05, 0.1) is 6.61 Å².